The van der Waals surface area contributed by atoms with Gasteiger partial charge in [-0.05, 0) is 34.0 Å². The Morgan fingerprint density at radius 2 is 2.06 bits per heavy atom. The first-order valence-electron chi connectivity index (χ1n) is 5.40. The number of nitrogens with two attached hydrogens (primary N) is 1. The lowest BCUT2D eigenvalue weighted by molar-refractivity contribution is -0.156. The van der Waals surface area contributed by atoms with Crippen LogP contribution in [0.3, 0.4) is 0 Å². The second-order valence-electron chi connectivity index (χ2n) is 4.88. The van der Waals surface area contributed by atoms with Crippen LogP contribution in [-0.4, -0.2) is 29.0 Å². The highest BCUT2D eigenvalue weighted by Crippen LogP contribution is 2.15. The summed E-state index contributed by atoms with van der Waals surface area (Å²) in [6.45, 7) is 11.1. The lowest BCUT2D eigenvalue weighted by atomic mass is 10.1. The van der Waals surface area contributed by atoms with Gasteiger partial charge >= 0.3 is 5.97 Å². The molecule has 98 valence electrons. The van der Waals surface area contributed by atoms with Crippen molar-refractivity contribution in [3.05, 3.63) is 12.2 Å². The lowest BCUT2D eigenvalue weighted by Crippen LogP contribution is -2.32. The molecule has 0 aromatic carbocycles. The third-order valence-electron chi connectivity index (χ3n) is 1.71. The van der Waals surface area contributed by atoms with Crippen molar-refractivity contribution in [2.75, 3.05) is 6.26 Å². The van der Waals surface area contributed by atoms with Gasteiger partial charge in [0.05, 0.1) is 0 Å². The van der Waals surface area contributed by atoms with Crippen molar-refractivity contribution in [3.8, 4) is 0 Å². The molecule has 0 rings (SSSR count). The molecule has 0 aromatic rings. The van der Waals surface area contributed by atoms with Crippen LogP contribution in [-0.2, 0) is 9.53 Å². The molecular weight excluding hydrogens is 236 g/mol. The van der Waals surface area contributed by atoms with Gasteiger partial charge in [0.1, 0.15) is 5.60 Å². The summed E-state index contributed by atoms with van der Waals surface area (Å²) >= 11 is 1.31. The third kappa shape index (κ3) is 7.85. The smallest absolute Gasteiger partial charge is 0.331 e. The van der Waals surface area contributed by atoms with E-state index in [2.05, 4.69) is 11.6 Å². The first kappa shape index (κ1) is 16.0. The molecule has 0 aliphatic carbocycles. The van der Waals surface area contributed by atoms with Crippen LogP contribution in [0.1, 0.15) is 34.1 Å². The number of esters is 1. The van der Waals surface area contributed by atoms with Gasteiger partial charge in [-0.1, -0.05) is 17.3 Å². The molecule has 0 bridgehead atoms. The fourth-order valence-corrected chi connectivity index (χ4v) is 1.32. The van der Waals surface area contributed by atoms with E-state index < -0.39 is 11.6 Å². The van der Waals surface area contributed by atoms with E-state index in [-0.39, 0.29) is 5.97 Å². The van der Waals surface area contributed by atoms with Crippen LogP contribution >= 0.6 is 11.8 Å². The molecular formula is C12H22N2O2S. The molecule has 0 heterocycles. The standard InChI is InChI=1S/C12H22N2O2S/c1-8(2)7-9(14-11(13)17-6)10(15)16-12(3,4)5/h9H,1,7H2,2-6H3,(H2,13,14). The fraction of sp³-hybridized carbons (Fsp3) is 0.667. The van der Waals surface area contributed by atoms with E-state index >= 15 is 0 Å². The number of nitrogens with zero attached hydrogens (tertiary/aromatic N) is 1. The van der Waals surface area contributed by atoms with E-state index in [4.69, 9.17) is 10.5 Å². The van der Waals surface area contributed by atoms with Crippen LogP contribution in [0.4, 0.5) is 0 Å². The van der Waals surface area contributed by atoms with Crippen LogP contribution < -0.4 is 5.73 Å². The second kappa shape index (κ2) is 6.69. The number of thioether (sulfide) groups is 1. The predicted octanol–water partition coefficient (Wildman–Crippen LogP) is 2.34. The molecule has 1 atom stereocenters. The highest BCUT2D eigenvalue weighted by atomic mass is 32.2. The summed E-state index contributed by atoms with van der Waals surface area (Å²) in [7, 11) is 0. The van der Waals surface area contributed by atoms with Crippen molar-refractivity contribution in [1.29, 1.82) is 0 Å². The van der Waals surface area contributed by atoms with Gasteiger partial charge in [-0.3, -0.25) is 0 Å². The number of hydrogen-bond donors (Lipinski definition) is 1. The van der Waals surface area contributed by atoms with Crippen LogP contribution in [0.5, 0.6) is 0 Å². The van der Waals surface area contributed by atoms with E-state index in [1.54, 1.807) is 0 Å². The normalized spacial score (nSPS) is 14.3. The molecule has 1 unspecified atom stereocenters. The quantitative estimate of drug-likeness (QED) is 0.364. The van der Waals surface area contributed by atoms with Crippen LogP contribution in [0.25, 0.3) is 0 Å². The zero-order valence-electron chi connectivity index (χ0n) is 11.2. The Morgan fingerprint density at radius 3 is 2.41 bits per heavy atom. The maximum atomic E-state index is 11.9. The molecule has 2 N–H and O–H groups in total. The Kier molecular flexibility index (Phi) is 6.31. The molecule has 0 radical (unpaired) electrons. The minimum absolute atomic E-state index is 0.363. The molecule has 0 aliphatic rings. The van der Waals surface area contributed by atoms with E-state index in [0.29, 0.717) is 11.6 Å². The summed E-state index contributed by atoms with van der Waals surface area (Å²) in [6, 6.07) is -0.598. The maximum absolute atomic E-state index is 11.9. The third-order valence-corrected chi connectivity index (χ3v) is 2.24. The van der Waals surface area contributed by atoms with Crippen LogP contribution in [0.15, 0.2) is 17.1 Å². The highest BCUT2D eigenvalue weighted by Gasteiger charge is 2.24. The molecule has 0 spiro atoms. The SMILES string of the molecule is C=C(C)CC(N=C(N)SC)C(=O)OC(C)(C)C. The predicted molar refractivity (Wildman–Crippen MR) is 74.2 cm³/mol. The number of amidine groups is 1. The van der Waals surface area contributed by atoms with Gasteiger partial charge in [0, 0.05) is 6.42 Å². The average Bonchev–Trinajstić information content (AvgIpc) is 2.13. The fourth-order valence-electron chi connectivity index (χ4n) is 1.09. The Morgan fingerprint density at radius 1 is 1.53 bits per heavy atom. The monoisotopic (exact) mass is 258 g/mol. The molecule has 0 amide bonds. The van der Waals surface area contributed by atoms with Gasteiger partial charge in [-0.25, -0.2) is 9.79 Å². The summed E-state index contributed by atoms with van der Waals surface area (Å²) in [5.74, 6) is -0.363. The molecule has 17 heavy (non-hydrogen) atoms. The number of carbonyl (C=O) groups excluding carboxylic acids is 1. The molecule has 0 aliphatic heterocycles. The Hall–Kier alpha value is -0.970. The van der Waals surface area contributed by atoms with E-state index in [0.717, 1.165) is 5.57 Å². The second-order valence-corrected chi connectivity index (χ2v) is 5.71. The minimum atomic E-state index is -0.598. The van der Waals surface area contributed by atoms with E-state index in [9.17, 15) is 4.79 Å². The Bertz CT molecular complexity index is 319. The lowest BCUT2D eigenvalue weighted by Gasteiger charge is -2.22. The topological polar surface area (TPSA) is 64.7 Å². The van der Waals surface area contributed by atoms with Gasteiger partial charge in [0.25, 0.3) is 0 Å². The number of rotatable bonds is 4. The summed E-state index contributed by atoms with van der Waals surface area (Å²) < 4.78 is 5.29. The molecule has 4 nitrogen and oxygen atoms in total. The summed E-state index contributed by atoms with van der Waals surface area (Å²) in [5.41, 5.74) is 5.98. The molecule has 5 heteroatoms. The zero-order valence-corrected chi connectivity index (χ0v) is 12.1. The van der Waals surface area contributed by atoms with Gasteiger partial charge < -0.3 is 10.5 Å². The van der Waals surface area contributed by atoms with Gasteiger partial charge in [-0.15, -0.1) is 6.58 Å². The summed E-state index contributed by atoms with van der Waals surface area (Å²) in [4.78, 5) is 16.1. The molecule has 0 saturated carbocycles. The van der Waals surface area contributed by atoms with Gasteiger partial charge in [0.15, 0.2) is 11.2 Å². The Balaban J connectivity index is 4.80. The number of carbonyl (C=O) groups is 1. The van der Waals surface area contributed by atoms with E-state index in [1.807, 2.05) is 34.0 Å². The van der Waals surface area contributed by atoms with Gasteiger partial charge in [-0.2, -0.15) is 0 Å². The van der Waals surface area contributed by atoms with Crippen LogP contribution in [0, 0.1) is 0 Å². The van der Waals surface area contributed by atoms with E-state index in [1.165, 1.54) is 11.8 Å². The number of hydrogen-bond acceptors (Lipinski definition) is 4. The maximum Gasteiger partial charge on any atom is 0.331 e. The average molecular weight is 258 g/mol. The molecule has 0 fully saturated rings. The molecule has 0 saturated heterocycles. The van der Waals surface area contributed by atoms with Crippen molar-refractivity contribution in [3.63, 3.8) is 0 Å². The largest absolute Gasteiger partial charge is 0.458 e. The minimum Gasteiger partial charge on any atom is -0.458 e. The van der Waals surface area contributed by atoms with Crippen molar-refractivity contribution >= 4 is 22.9 Å². The van der Waals surface area contributed by atoms with Crippen molar-refractivity contribution in [2.24, 2.45) is 10.7 Å². The number of aliphatic imine (C=N–C) groups is 1. The van der Waals surface area contributed by atoms with Crippen molar-refractivity contribution in [1.82, 2.24) is 0 Å². The van der Waals surface area contributed by atoms with Crippen molar-refractivity contribution < 1.29 is 9.53 Å². The summed E-state index contributed by atoms with van der Waals surface area (Å²) in [5, 5.41) is 0.377. The first-order chi connectivity index (χ1) is 7.65. The first-order valence-corrected chi connectivity index (χ1v) is 6.62. The highest BCUT2D eigenvalue weighted by molar-refractivity contribution is 8.13. The zero-order chi connectivity index (χ0) is 13.6. The Labute approximate surface area is 108 Å². The molecule has 0 aromatic heterocycles. The van der Waals surface area contributed by atoms with Gasteiger partial charge in [0.2, 0.25) is 0 Å². The van der Waals surface area contributed by atoms with Crippen molar-refractivity contribution in [2.45, 2.75) is 45.8 Å². The summed E-state index contributed by atoms with van der Waals surface area (Å²) in [6.07, 6.45) is 2.27. The number of ether oxygens (including phenoxy) is 1. The van der Waals surface area contributed by atoms with Crippen LogP contribution in [0.2, 0.25) is 0 Å².